The number of rotatable bonds is 3. The number of anilines is 1. The smallest absolute Gasteiger partial charge is 0.308 e. The molecule has 0 saturated carbocycles. The van der Waals surface area contributed by atoms with Gasteiger partial charge in [0.15, 0.2) is 0 Å². The number of carbonyl (C=O) groups is 2. The van der Waals surface area contributed by atoms with Crippen LogP contribution < -0.4 is 4.90 Å². The van der Waals surface area contributed by atoms with E-state index >= 15 is 0 Å². The highest BCUT2D eigenvalue weighted by Gasteiger charge is 2.43. The van der Waals surface area contributed by atoms with E-state index in [1.165, 1.54) is 4.90 Å². The van der Waals surface area contributed by atoms with Crippen molar-refractivity contribution in [1.29, 1.82) is 0 Å². The molecule has 2 aromatic carbocycles. The molecule has 0 unspecified atom stereocenters. The number of hydrogen-bond donors (Lipinski definition) is 0. The molecule has 1 heterocycles. The van der Waals surface area contributed by atoms with E-state index in [4.69, 9.17) is 11.6 Å². The Hall–Kier alpha value is -2.33. The van der Waals surface area contributed by atoms with E-state index < -0.39 is 6.04 Å². The minimum Gasteiger partial charge on any atom is -0.308 e. The summed E-state index contributed by atoms with van der Waals surface area (Å²) >= 11 is 5.89. The molecule has 124 valence electrons. The first-order valence-corrected chi connectivity index (χ1v) is 8.22. The lowest BCUT2D eigenvalue weighted by atomic mass is 10.1. The fourth-order valence-electron chi connectivity index (χ4n) is 3.10. The molecule has 24 heavy (non-hydrogen) atoms. The lowest BCUT2D eigenvalue weighted by Crippen LogP contribution is -2.33. The average molecular weight is 343 g/mol. The SMILES string of the molecule is Cc1cc(C)cc(CN2C(=O)N(c3ccc(Cl)cc3)C(=O)[C@@H]2C)c1. The number of carbonyl (C=O) groups excluding carboxylic acids is 2. The first-order valence-electron chi connectivity index (χ1n) is 7.84. The van der Waals surface area contributed by atoms with Gasteiger partial charge in [0, 0.05) is 11.6 Å². The first kappa shape index (κ1) is 16.5. The molecule has 0 N–H and O–H groups in total. The maximum atomic E-state index is 12.8. The van der Waals surface area contributed by atoms with Crippen molar-refractivity contribution in [3.63, 3.8) is 0 Å². The van der Waals surface area contributed by atoms with Crippen LogP contribution in [0.15, 0.2) is 42.5 Å². The van der Waals surface area contributed by atoms with Crippen molar-refractivity contribution < 1.29 is 9.59 Å². The van der Waals surface area contributed by atoms with Crippen LogP contribution >= 0.6 is 11.6 Å². The highest BCUT2D eigenvalue weighted by Crippen LogP contribution is 2.27. The highest BCUT2D eigenvalue weighted by atomic mass is 35.5. The van der Waals surface area contributed by atoms with Gasteiger partial charge >= 0.3 is 6.03 Å². The van der Waals surface area contributed by atoms with Gasteiger partial charge in [-0.05, 0) is 50.6 Å². The highest BCUT2D eigenvalue weighted by molar-refractivity contribution is 6.30. The predicted molar refractivity (Wildman–Crippen MR) is 95.3 cm³/mol. The monoisotopic (exact) mass is 342 g/mol. The van der Waals surface area contributed by atoms with Crippen LogP contribution in [-0.4, -0.2) is 22.9 Å². The van der Waals surface area contributed by atoms with Crippen molar-refractivity contribution in [2.45, 2.75) is 33.4 Å². The standard InChI is InChI=1S/C19H19ClN2O2/c1-12-8-13(2)10-15(9-12)11-21-14(3)18(23)22(19(21)24)17-6-4-16(20)5-7-17/h4-10,14H,11H2,1-3H3/t14-/m0/s1. The van der Waals surface area contributed by atoms with Gasteiger partial charge < -0.3 is 4.90 Å². The van der Waals surface area contributed by atoms with Crippen LogP contribution in [0.4, 0.5) is 10.5 Å². The van der Waals surface area contributed by atoms with Gasteiger partial charge in [-0.2, -0.15) is 0 Å². The number of nitrogens with zero attached hydrogens (tertiary/aromatic N) is 2. The average Bonchev–Trinajstić information content (AvgIpc) is 2.71. The van der Waals surface area contributed by atoms with E-state index in [2.05, 4.69) is 6.07 Å². The van der Waals surface area contributed by atoms with E-state index in [9.17, 15) is 9.59 Å². The van der Waals surface area contributed by atoms with Gasteiger partial charge in [0.05, 0.1) is 5.69 Å². The normalized spacial score (nSPS) is 17.8. The molecule has 2 aromatic rings. The van der Waals surface area contributed by atoms with Crippen LogP contribution in [0.2, 0.25) is 5.02 Å². The number of aryl methyl sites for hydroxylation is 2. The Morgan fingerprint density at radius 2 is 1.58 bits per heavy atom. The summed E-state index contributed by atoms with van der Waals surface area (Å²) in [6.07, 6.45) is 0. The molecule has 0 spiro atoms. The molecular weight excluding hydrogens is 324 g/mol. The molecule has 1 atom stereocenters. The van der Waals surface area contributed by atoms with Gasteiger partial charge in [-0.15, -0.1) is 0 Å². The topological polar surface area (TPSA) is 40.6 Å². The second kappa shape index (κ2) is 6.29. The lowest BCUT2D eigenvalue weighted by Gasteiger charge is -2.20. The van der Waals surface area contributed by atoms with Crippen LogP contribution in [0.5, 0.6) is 0 Å². The largest absolute Gasteiger partial charge is 0.332 e. The number of hydrogen-bond acceptors (Lipinski definition) is 2. The first-order chi connectivity index (χ1) is 11.4. The second-order valence-corrected chi connectivity index (χ2v) is 6.67. The number of amides is 3. The summed E-state index contributed by atoms with van der Waals surface area (Å²) in [4.78, 5) is 28.2. The predicted octanol–water partition coefficient (Wildman–Crippen LogP) is 4.31. The van der Waals surface area contributed by atoms with Gasteiger partial charge in [0.2, 0.25) is 0 Å². The molecule has 4 nitrogen and oxygen atoms in total. The fraction of sp³-hybridized carbons (Fsp3) is 0.263. The zero-order valence-corrected chi connectivity index (χ0v) is 14.7. The zero-order chi connectivity index (χ0) is 17.4. The van der Waals surface area contributed by atoms with Crippen LogP contribution in [0.1, 0.15) is 23.6 Å². The second-order valence-electron chi connectivity index (χ2n) is 6.23. The summed E-state index contributed by atoms with van der Waals surface area (Å²) in [5, 5.41) is 0.568. The summed E-state index contributed by atoms with van der Waals surface area (Å²) in [7, 11) is 0. The molecule has 5 heteroatoms. The van der Waals surface area contributed by atoms with Crippen LogP contribution in [0.25, 0.3) is 0 Å². The number of imide groups is 1. The van der Waals surface area contributed by atoms with Gasteiger partial charge in [-0.1, -0.05) is 40.9 Å². The Kier molecular flexibility index (Phi) is 4.33. The molecule has 0 bridgehead atoms. The molecule has 1 fully saturated rings. The molecule has 1 saturated heterocycles. The van der Waals surface area contributed by atoms with Crippen LogP contribution in [0, 0.1) is 13.8 Å². The number of halogens is 1. The van der Waals surface area contributed by atoms with E-state index in [1.54, 1.807) is 36.1 Å². The maximum Gasteiger partial charge on any atom is 0.332 e. The van der Waals surface area contributed by atoms with Crippen molar-refractivity contribution in [1.82, 2.24) is 4.90 Å². The minimum atomic E-state index is -0.492. The molecular formula is C19H19ClN2O2. The van der Waals surface area contributed by atoms with Crippen molar-refractivity contribution in [3.8, 4) is 0 Å². The Balaban J connectivity index is 1.88. The van der Waals surface area contributed by atoms with E-state index in [-0.39, 0.29) is 11.9 Å². The summed E-state index contributed by atoms with van der Waals surface area (Å²) in [6, 6.07) is 12.1. The summed E-state index contributed by atoms with van der Waals surface area (Å²) in [5.74, 6) is -0.216. The quantitative estimate of drug-likeness (QED) is 0.780. The molecule has 0 radical (unpaired) electrons. The van der Waals surface area contributed by atoms with Gasteiger partial charge in [0.1, 0.15) is 6.04 Å². The third kappa shape index (κ3) is 3.02. The molecule has 0 aliphatic carbocycles. The van der Waals surface area contributed by atoms with Gasteiger partial charge in [-0.25, -0.2) is 9.69 Å². The Morgan fingerprint density at radius 1 is 1.00 bits per heavy atom. The Morgan fingerprint density at radius 3 is 2.17 bits per heavy atom. The lowest BCUT2D eigenvalue weighted by molar-refractivity contribution is -0.119. The van der Waals surface area contributed by atoms with Crippen molar-refractivity contribution in [3.05, 3.63) is 64.2 Å². The molecule has 1 aliphatic heterocycles. The van der Waals surface area contributed by atoms with Gasteiger partial charge in [-0.3, -0.25) is 4.79 Å². The number of benzene rings is 2. The van der Waals surface area contributed by atoms with Crippen LogP contribution in [-0.2, 0) is 11.3 Å². The zero-order valence-electron chi connectivity index (χ0n) is 13.9. The summed E-state index contributed by atoms with van der Waals surface area (Å²) in [6.45, 7) is 6.23. The Bertz CT molecular complexity index is 781. The van der Waals surface area contributed by atoms with E-state index in [0.29, 0.717) is 17.3 Å². The van der Waals surface area contributed by atoms with E-state index in [1.807, 2.05) is 26.0 Å². The third-order valence-electron chi connectivity index (χ3n) is 4.20. The van der Waals surface area contributed by atoms with Crippen molar-refractivity contribution >= 4 is 29.2 Å². The third-order valence-corrected chi connectivity index (χ3v) is 4.45. The molecule has 3 amide bonds. The van der Waals surface area contributed by atoms with E-state index in [0.717, 1.165) is 16.7 Å². The maximum absolute atomic E-state index is 12.8. The fourth-order valence-corrected chi connectivity index (χ4v) is 3.22. The summed E-state index contributed by atoms with van der Waals surface area (Å²) in [5.41, 5.74) is 3.86. The van der Waals surface area contributed by atoms with Gasteiger partial charge in [0.25, 0.3) is 5.91 Å². The Labute approximate surface area is 146 Å². The minimum absolute atomic E-state index is 0.216. The van der Waals surface area contributed by atoms with Crippen molar-refractivity contribution in [2.75, 3.05) is 4.90 Å². The molecule has 1 aliphatic rings. The number of urea groups is 1. The van der Waals surface area contributed by atoms with Crippen LogP contribution in [0.3, 0.4) is 0 Å². The van der Waals surface area contributed by atoms with Crippen molar-refractivity contribution in [2.24, 2.45) is 0 Å². The molecule has 0 aromatic heterocycles. The summed E-state index contributed by atoms with van der Waals surface area (Å²) < 4.78 is 0. The molecule has 3 rings (SSSR count).